The summed E-state index contributed by atoms with van der Waals surface area (Å²) >= 11 is 0. The second-order valence-electron chi connectivity index (χ2n) is 9.24. The maximum absolute atomic E-state index is 13.4. The fourth-order valence-electron chi connectivity index (χ4n) is 4.35. The predicted octanol–water partition coefficient (Wildman–Crippen LogP) is 5.17. The van der Waals surface area contributed by atoms with Gasteiger partial charge in [-0.3, -0.25) is 4.79 Å². The van der Waals surface area contributed by atoms with Crippen LogP contribution in [0.3, 0.4) is 0 Å². The number of aromatic nitrogens is 3. The quantitative estimate of drug-likeness (QED) is 0.538. The van der Waals surface area contributed by atoms with Crippen LogP contribution in [0.25, 0.3) is 11.1 Å². The topological polar surface area (TPSA) is 59.8 Å². The molecule has 5 nitrogen and oxygen atoms in total. The third kappa shape index (κ3) is 4.24. The van der Waals surface area contributed by atoms with E-state index in [4.69, 9.17) is 0 Å². The second kappa shape index (κ2) is 7.59. The molecule has 1 aromatic carbocycles. The van der Waals surface area contributed by atoms with Crippen LogP contribution in [0.1, 0.15) is 66.6 Å². The number of imidazole rings is 1. The van der Waals surface area contributed by atoms with Crippen molar-refractivity contribution in [2.45, 2.75) is 57.5 Å². The van der Waals surface area contributed by atoms with Gasteiger partial charge < -0.3 is 9.88 Å². The van der Waals surface area contributed by atoms with Crippen LogP contribution in [0.4, 0.5) is 4.39 Å². The monoisotopic (exact) mass is 418 g/mol. The van der Waals surface area contributed by atoms with E-state index in [2.05, 4.69) is 22.2 Å². The summed E-state index contributed by atoms with van der Waals surface area (Å²) in [7, 11) is 0. The van der Waals surface area contributed by atoms with Crippen molar-refractivity contribution in [3.63, 3.8) is 0 Å². The second-order valence-corrected chi connectivity index (χ2v) is 9.24. The number of amides is 1. The highest BCUT2D eigenvalue weighted by Gasteiger charge is 2.36. The summed E-state index contributed by atoms with van der Waals surface area (Å²) in [5.74, 6) is 0.516. The molecule has 0 bridgehead atoms. The molecule has 0 spiro atoms. The summed E-state index contributed by atoms with van der Waals surface area (Å²) in [5, 5.41) is 3.27. The van der Waals surface area contributed by atoms with Crippen molar-refractivity contribution in [2.24, 2.45) is 5.92 Å². The number of carbonyl (C=O) groups is 1. The summed E-state index contributed by atoms with van der Waals surface area (Å²) < 4.78 is 15.4. The van der Waals surface area contributed by atoms with E-state index in [1.807, 2.05) is 35.9 Å². The number of nitrogens with one attached hydrogen (secondary N) is 1. The molecule has 2 heterocycles. The Balaban J connectivity index is 1.46. The van der Waals surface area contributed by atoms with E-state index in [9.17, 15) is 9.18 Å². The molecule has 5 rings (SSSR count). The van der Waals surface area contributed by atoms with Gasteiger partial charge in [-0.05, 0) is 80.3 Å². The third-order valence-corrected chi connectivity index (χ3v) is 6.42. The molecule has 2 saturated carbocycles. The number of hydrogen-bond acceptors (Lipinski definition) is 3. The van der Waals surface area contributed by atoms with Gasteiger partial charge in [0.15, 0.2) is 0 Å². The highest BCUT2D eigenvalue weighted by atomic mass is 19.1. The minimum atomic E-state index is -0.535. The van der Waals surface area contributed by atoms with Crippen molar-refractivity contribution in [3.8, 4) is 11.1 Å². The number of halogens is 1. The Morgan fingerprint density at radius 3 is 2.61 bits per heavy atom. The van der Waals surface area contributed by atoms with Crippen LogP contribution in [0.15, 0.2) is 49.1 Å². The predicted molar refractivity (Wildman–Crippen MR) is 117 cm³/mol. The number of pyridine rings is 1. The van der Waals surface area contributed by atoms with Crippen LogP contribution < -0.4 is 5.32 Å². The van der Waals surface area contributed by atoms with Crippen molar-refractivity contribution in [3.05, 3.63) is 71.8 Å². The molecule has 31 heavy (non-hydrogen) atoms. The fraction of sp³-hybridized carbons (Fsp3) is 0.400. The number of carbonyl (C=O) groups excluding carboxylic acids is 1. The minimum Gasteiger partial charge on any atom is -0.329 e. The first kappa shape index (κ1) is 19.9. The molecule has 1 atom stereocenters. The fourth-order valence-corrected chi connectivity index (χ4v) is 4.35. The number of aryl methyl sites for hydroxylation is 1. The molecule has 0 saturated heterocycles. The number of hydrogen-bond donors (Lipinski definition) is 1. The lowest BCUT2D eigenvalue weighted by Gasteiger charge is -2.32. The summed E-state index contributed by atoms with van der Waals surface area (Å²) in [4.78, 5) is 21.5. The van der Waals surface area contributed by atoms with Gasteiger partial charge in [-0.15, -0.1) is 0 Å². The Kier molecular flexibility index (Phi) is 4.88. The molecule has 160 valence electrons. The number of benzene rings is 1. The average molecular weight is 419 g/mol. The van der Waals surface area contributed by atoms with Crippen molar-refractivity contribution in [1.82, 2.24) is 19.9 Å². The van der Waals surface area contributed by atoms with Crippen molar-refractivity contribution < 1.29 is 9.18 Å². The van der Waals surface area contributed by atoms with E-state index in [0.717, 1.165) is 36.1 Å². The van der Waals surface area contributed by atoms with Gasteiger partial charge in [-0.2, -0.15) is 4.39 Å². The zero-order valence-corrected chi connectivity index (χ0v) is 17.9. The molecule has 0 unspecified atom stereocenters. The molecule has 1 amide bonds. The lowest BCUT2D eigenvalue weighted by molar-refractivity contribution is 0.0840. The molecule has 2 aliphatic carbocycles. The van der Waals surface area contributed by atoms with Gasteiger partial charge in [0, 0.05) is 23.5 Å². The van der Waals surface area contributed by atoms with E-state index in [1.54, 1.807) is 18.6 Å². The Labute approximate surface area is 181 Å². The summed E-state index contributed by atoms with van der Waals surface area (Å²) in [5.41, 5.74) is 4.00. The van der Waals surface area contributed by atoms with Crippen molar-refractivity contribution in [1.29, 1.82) is 0 Å². The van der Waals surface area contributed by atoms with Gasteiger partial charge in [-0.25, -0.2) is 9.97 Å². The van der Waals surface area contributed by atoms with Crippen LogP contribution in [-0.2, 0) is 5.66 Å². The van der Waals surface area contributed by atoms with Crippen LogP contribution in [0.5, 0.6) is 0 Å². The third-order valence-electron chi connectivity index (χ3n) is 6.42. The summed E-state index contributed by atoms with van der Waals surface area (Å²) in [6.07, 6.45) is 10.9. The first-order valence-corrected chi connectivity index (χ1v) is 11.0. The first-order chi connectivity index (χ1) is 14.9. The van der Waals surface area contributed by atoms with Crippen LogP contribution in [0, 0.1) is 18.8 Å². The molecule has 2 fully saturated rings. The molecular formula is C25H27FN4O. The highest BCUT2D eigenvalue weighted by Crippen LogP contribution is 2.45. The van der Waals surface area contributed by atoms with E-state index < -0.39 is 11.6 Å². The Bertz CT molecular complexity index is 1110. The van der Waals surface area contributed by atoms with E-state index in [-0.39, 0.29) is 5.91 Å². The van der Waals surface area contributed by atoms with Crippen LogP contribution in [-0.4, -0.2) is 20.4 Å². The Morgan fingerprint density at radius 1 is 1.19 bits per heavy atom. The first-order valence-electron chi connectivity index (χ1n) is 11.0. The van der Waals surface area contributed by atoms with Crippen LogP contribution in [0.2, 0.25) is 0 Å². The molecule has 3 aromatic rings. The molecule has 6 heteroatoms. The zero-order valence-electron chi connectivity index (χ0n) is 17.9. The lowest BCUT2D eigenvalue weighted by atomic mass is 9.95. The molecular weight excluding hydrogens is 391 g/mol. The molecule has 1 N–H and O–H groups in total. The van der Waals surface area contributed by atoms with Gasteiger partial charge >= 0.3 is 0 Å². The number of rotatable bonds is 7. The largest absolute Gasteiger partial charge is 0.329 e. The standard InChI is InChI=1S/C25H27FN4O/c1-16-14-30(15-28-16)25(2,12-17-3-4-17)29-24(31)19-7-9-21(18-5-6-18)22(11-19)20-8-10-23(26)27-13-20/h7-11,13-15,17-18H,3-6,12H2,1-2H3,(H,29,31)/t25-/m1/s1. The summed E-state index contributed by atoms with van der Waals surface area (Å²) in [6.45, 7) is 4.02. The van der Waals surface area contributed by atoms with Gasteiger partial charge in [0.2, 0.25) is 5.95 Å². The Morgan fingerprint density at radius 2 is 2.00 bits per heavy atom. The molecule has 0 radical (unpaired) electrons. The maximum Gasteiger partial charge on any atom is 0.253 e. The van der Waals surface area contributed by atoms with Gasteiger partial charge in [0.25, 0.3) is 5.91 Å². The Hall–Kier alpha value is -3.02. The molecule has 0 aliphatic heterocycles. The van der Waals surface area contributed by atoms with Crippen molar-refractivity contribution in [2.75, 3.05) is 0 Å². The highest BCUT2D eigenvalue weighted by molar-refractivity contribution is 5.96. The smallest absolute Gasteiger partial charge is 0.253 e. The van der Waals surface area contributed by atoms with Gasteiger partial charge in [0.05, 0.1) is 12.0 Å². The number of nitrogens with zero attached hydrogens (tertiary/aromatic N) is 3. The normalized spacial score (nSPS) is 17.9. The van der Waals surface area contributed by atoms with Crippen LogP contribution >= 0.6 is 0 Å². The van der Waals surface area contributed by atoms with Gasteiger partial charge in [0.1, 0.15) is 5.66 Å². The maximum atomic E-state index is 13.4. The minimum absolute atomic E-state index is 0.117. The molecule has 2 aromatic heterocycles. The van der Waals surface area contributed by atoms with E-state index in [0.29, 0.717) is 17.4 Å². The zero-order chi connectivity index (χ0) is 21.6. The summed E-state index contributed by atoms with van der Waals surface area (Å²) in [6, 6.07) is 8.98. The average Bonchev–Trinajstić information content (AvgIpc) is 3.68. The SMILES string of the molecule is Cc1cn([C@](C)(CC2CC2)NC(=O)c2ccc(C3CC3)c(-c3ccc(F)nc3)c2)cn1. The molecule has 2 aliphatic rings. The van der Waals surface area contributed by atoms with E-state index >= 15 is 0 Å². The lowest BCUT2D eigenvalue weighted by Crippen LogP contribution is -2.48. The van der Waals surface area contributed by atoms with Gasteiger partial charge in [-0.1, -0.05) is 18.9 Å². The van der Waals surface area contributed by atoms with Crippen molar-refractivity contribution >= 4 is 5.91 Å². The van der Waals surface area contributed by atoms with E-state index in [1.165, 1.54) is 24.5 Å².